The van der Waals surface area contributed by atoms with Crippen LogP contribution in [-0.2, 0) is 0 Å². The van der Waals surface area contributed by atoms with Crippen LogP contribution in [0.4, 0.5) is 5.69 Å². The molecule has 21 heavy (non-hydrogen) atoms. The summed E-state index contributed by atoms with van der Waals surface area (Å²) < 4.78 is 0. The van der Waals surface area contributed by atoms with Gasteiger partial charge in [0.2, 0.25) is 0 Å². The Kier molecular flexibility index (Phi) is 2.79. The van der Waals surface area contributed by atoms with E-state index in [1.54, 1.807) is 0 Å². The Hall–Kier alpha value is -3.36. The predicted octanol–water partition coefficient (Wildman–Crippen LogP) is 0.582. The maximum absolute atomic E-state index is 11.7. The van der Waals surface area contributed by atoms with Crippen molar-refractivity contribution in [3.63, 3.8) is 0 Å². The summed E-state index contributed by atoms with van der Waals surface area (Å²) in [5.41, 5.74) is -0.267. The smallest absolute Gasteiger partial charge is 0.290 e. The van der Waals surface area contributed by atoms with Crippen molar-refractivity contribution in [1.29, 1.82) is 0 Å². The Bertz CT molecular complexity index is 958. The third kappa shape index (κ3) is 2.27. The fourth-order valence-corrected chi connectivity index (χ4v) is 1.86. The fraction of sp³-hybridized carbons (Fsp3) is 0. The van der Waals surface area contributed by atoms with Crippen LogP contribution in [0.1, 0.15) is 0 Å². The molecule has 2 heterocycles. The number of nitrogens with one attached hydrogen (secondary N) is 2. The molecule has 2 N–H and O–H groups in total. The van der Waals surface area contributed by atoms with Crippen LogP contribution in [0.2, 0.25) is 0 Å². The number of non-ortho nitro benzene ring substituents is 1. The summed E-state index contributed by atoms with van der Waals surface area (Å²) in [6.45, 7) is 0. The first kappa shape index (κ1) is 12.7. The lowest BCUT2D eigenvalue weighted by Crippen LogP contribution is -2.22. The number of fused-ring (bicyclic) bond motifs is 1. The molecular weight excluding hydrogens is 278 g/mol. The zero-order valence-corrected chi connectivity index (χ0v) is 10.4. The Labute approximate surface area is 115 Å². The largest absolute Gasteiger partial charge is 0.327 e. The van der Waals surface area contributed by atoms with Gasteiger partial charge in [-0.15, -0.1) is 10.2 Å². The molecule has 9 nitrogen and oxygen atoms in total. The van der Waals surface area contributed by atoms with Crippen LogP contribution in [0, 0.1) is 10.1 Å². The standard InChI is InChI=1S/C12H7N5O4/c18-11-8-5-9(15-16-10(8)13-12(19)14-11)6-1-3-7(4-2-6)17(20)21/h1-5H,(H2,13,14,16,18,19). The van der Waals surface area contributed by atoms with Gasteiger partial charge in [-0.3, -0.25) is 24.9 Å². The second-order valence-electron chi connectivity index (χ2n) is 4.20. The van der Waals surface area contributed by atoms with Crippen molar-refractivity contribution in [2.24, 2.45) is 0 Å². The Morgan fingerprint density at radius 1 is 1.05 bits per heavy atom. The predicted molar refractivity (Wildman–Crippen MR) is 72.9 cm³/mol. The number of nitrogens with zero attached hydrogens (tertiary/aromatic N) is 3. The van der Waals surface area contributed by atoms with Crippen LogP contribution in [0.25, 0.3) is 22.3 Å². The number of rotatable bonds is 2. The van der Waals surface area contributed by atoms with E-state index >= 15 is 0 Å². The second-order valence-corrected chi connectivity index (χ2v) is 4.20. The Balaban J connectivity index is 2.15. The van der Waals surface area contributed by atoms with Crippen molar-refractivity contribution < 1.29 is 4.92 Å². The van der Waals surface area contributed by atoms with Gasteiger partial charge in [0.1, 0.15) is 0 Å². The third-order valence-corrected chi connectivity index (χ3v) is 2.87. The van der Waals surface area contributed by atoms with Gasteiger partial charge in [-0.2, -0.15) is 0 Å². The minimum Gasteiger partial charge on any atom is -0.290 e. The molecule has 0 aliphatic rings. The highest BCUT2D eigenvalue weighted by atomic mass is 16.6. The molecule has 2 aromatic heterocycles. The number of nitro groups is 1. The minimum atomic E-state index is -0.662. The van der Waals surface area contributed by atoms with E-state index in [-0.39, 0.29) is 16.7 Å². The molecule has 0 aliphatic carbocycles. The molecule has 0 unspecified atom stereocenters. The van der Waals surface area contributed by atoms with E-state index < -0.39 is 16.2 Å². The van der Waals surface area contributed by atoms with Gasteiger partial charge in [-0.05, 0) is 18.2 Å². The van der Waals surface area contributed by atoms with E-state index in [0.717, 1.165) is 0 Å². The van der Waals surface area contributed by atoms with Gasteiger partial charge in [-0.1, -0.05) is 0 Å². The van der Waals surface area contributed by atoms with E-state index in [9.17, 15) is 19.7 Å². The Morgan fingerprint density at radius 2 is 1.76 bits per heavy atom. The molecule has 0 bridgehead atoms. The molecule has 3 rings (SSSR count). The monoisotopic (exact) mass is 285 g/mol. The number of hydrogen-bond donors (Lipinski definition) is 2. The zero-order valence-electron chi connectivity index (χ0n) is 10.4. The van der Waals surface area contributed by atoms with E-state index in [0.29, 0.717) is 11.3 Å². The normalized spacial score (nSPS) is 10.7. The summed E-state index contributed by atoms with van der Waals surface area (Å²) in [5, 5.41) is 18.4. The van der Waals surface area contributed by atoms with Gasteiger partial charge in [0.05, 0.1) is 16.0 Å². The van der Waals surface area contributed by atoms with Crippen molar-refractivity contribution in [3.8, 4) is 11.3 Å². The van der Waals surface area contributed by atoms with Crippen LogP contribution in [-0.4, -0.2) is 25.1 Å². The summed E-state index contributed by atoms with van der Waals surface area (Å²) in [6.07, 6.45) is 0. The lowest BCUT2D eigenvalue weighted by molar-refractivity contribution is -0.384. The number of benzene rings is 1. The number of nitro benzene ring substituents is 1. The first-order chi connectivity index (χ1) is 10.0. The van der Waals surface area contributed by atoms with Gasteiger partial charge in [0.15, 0.2) is 5.65 Å². The molecule has 0 radical (unpaired) electrons. The van der Waals surface area contributed by atoms with Crippen LogP contribution < -0.4 is 11.2 Å². The zero-order chi connectivity index (χ0) is 15.0. The lowest BCUT2D eigenvalue weighted by Gasteiger charge is -2.01. The molecule has 0 amide bonds. The first-order valence-electron chi connectivity index (χ1n) is 5.79. The molecule has 0 aliphatic heterocycles. The molecule has 104 valence electrons. The maximum atomic E-state index is 11.7. The van der Waals surface area contributed by atoms with Crippen molar-refractivity contribution >= 4 is 16.7 Å². The summed E-state index contributed by atoms with van der Waals surface area (Å²) in [4.78, 5) is 37.4. The highest BCUT2D eigenvalue weighted by Gasteiger charge is 2.09. The molecule has 0 fully saturated rings. The van der Waals surface area contributed by atoms with Crippen LogP contribution in [0.5, 0.6) is 0 Å². The van der Waals surface area contributed by atoms with E-state index in [4.69, 9.17) is 0 Å². The van der Waals surface area contributed by atoms with Gasteiger partial charge >= 0.3 is 5.69 Å². The van der Waals surface area contributed by atoms with Crippen molar-refractivity contribution in [3.05, 3.63) is 61.3 Å². The molecule has 3 aromatic rings. The topological polar surface area (TPSA) is 135 Å². The van der Waals surface area contributed by atoms with E-state index in [1.165, 1.54) is 30.3 Å². The molecule has 9 heteroatoms. The SMILES string of the molecule is O=c1[nH]c(=O)c2cc(-c3ccc([N+](=O)[O-])cc3)nnc2[nH]1. The van der Waals surface area contributed by atoms with E-state index in [2.05, 4.69) is 20.2 Å². The van der Waals surface area contributed by atoms with Gasteiger partial charge in [0, 0.05) is 17.7 Å². The summed E-state index contributed by atoms with van der Waals surface area (Å²) >= 11 is 0. The summed E-state index contributed by atoms with van der Waals surface area (Å²) in [7, 11) is 0. The summed E-state index contributed by atoms with van der Waals surface area (Å²) in [6, 6.07) is 7.14. The molecular formula is C12H7N5O4. The molecule has 0 saturated carbocycles. The highest BCUT2D eigenvalue weighted by molar-refractivity contribution is 5.77. The lowest BCUT2D eigenvalue weighted by atomic mass is 10.1. The number of aromatic nitrogens is 4. The van der Waals surface area contributed by atoms with Gasteiger partial charge in [-0.25, -0.2) is 4.79 Å². The van der Waals surface area contributed by atoms with Crippen molar-refractivity contribution in [2.75, 3.05) is 0 Å². The van der Waals surface area contributed by atoms with Crippen LogP contribution in [0.15, 0.2) is 39.9 Å². The Morgan fingerprint density at radius 3 is 2.43 bits per heavy atom. The van der Waals surface area contributed by atoms with Crippen LogP contribution >= 0.6 is 0 Å². The van der Waals surface area contributed by atoms with E-state index in [1.807, 2.05) is 0 Å². The molecule has 0 atom stereocenters. The number of aromatic amines is 2. The quantitative estimate of drug-likeness (QED) is 0.522. The third-order valence-electron chi connectivity index (χ3n) is 2.87. The van der Waals surface area contributed by atoms with Crippen molar-refractivity contribution in [1.82, 2.24) is 20.2 Å². The molecule has 1 aromatic carbocycles. The van der Waals surface area contributed by atoms with Crippen LogP contribution in [0.3, 0.4) is 0 Å². The number of H-pyrrole nitrogens is 2. The molecule has 0 saturated heterocycles. The average molecular weight is 285 g/mol. The van der Waals surface area contributed by atoms with Gasteiger partial charge < -0.3 is 0 Å². The maximum Gasteiger partial charge on any atom is 0.327 e. The molecule has 0 spiro atoms. The average Bonchev–Trinajstić information content (AvgIpc) is 2.47. The fourth-order valence-electron chi connectivity index (χ4n) is 1.86. The van der Waals surface area contributed by atoms with Gasteiger partial charge in [0.25, 0.3) is 11.2 Å². The number of hydrogen-bond acceptors (Lipinski definition) is 6. The highest BCUT2D eigenvalue weighted by Crippen LogP contribution is 2.21. The van der Waals surface area contributed by atoms with Crippen molar-refractivity contribution in [2.45, 2.75) is 0 Å². The second kappa shape index (κ2) is 4.63. The summed E-state index contributed by atoms with van der Waals surface area (Å²) in [5.74, 6) is 0. The first-order valence-corrected chi connectivity index (χ1v) is 5.79. The minimum absolute atomic E-state index is 0.0466.